The number of nitrogens with zero attached hydrogens (tertiary/aromatic N) is 2. The van der Waals surface area contributed by atoms with E-state index in [1.807, 2.05) is 6.07 Å². The summed E-state index contributed by atoms with van der Waals surface area (Å²) in [7, 11) is 1.57. The Labute approximate surface area is 170 Å². The molecule has 3 rings (SSSR count). The molecule has 3 aromatic rings. The first-order valence-electron chi connectivity index (χ1n) is 8.58. The third-order valence-electron chi connectivity index (χ3n) is 4.06. The standard InChI is InChI=1S/C20H17N3O5S/c1-3-27-20(25)17-14(13(9-21)18(22)29-17)10-28-19(24)16-6-4-11-8-12(26-2)5-7-15(11)23-16/h4-8H,3,10,22H2,1-2H3. The second-order valence-electron chi connectivity index (χ2n) is 5.81. The van der Waals surface area contributed by atoms with Gasteiger partial charge in [0, 0.05) is 10.9 Å². The molecule has 0 unspecified atom stereocenters. The van der Waals surface area contributed by atoms with Gasteiger partial charge < -0.3 is 19.9 Å². The molecule has 0 amide bonds. The van der Waals surface area contributed by atoms with Crippen LogP contribution < -0.4 is 10.5 Å². The lowest BCUT2D eigenvalue weighted by Crippen LogP contribution is -2.11. The van der Waals surface area contributed by atoms with E-state index in [1.54, 1.807) is 38.3 Å². The van der Waals surface area contributed by atoms with Crippen LogP contribution in [0.25, 0.3) is 10.9 Å². The van der Waals surface area contributed by atoms with E-state index in [9.17, 15) is 14.9 Å². The van der Waals surface area contributed by atoms with Crippen LogP contribution in [0, 0.1) is 11.3 Å². The molecule has 148 valence electrons. The molecule has 0 saturated carbocycles. The zero-order valence-corrected chi connectivity index (χ0v) is 16.5. The summed E-state index contributed by atoms with van der Waals surface area (Å²) in [4.78, 5) is 29.0. The molecule has 0 aliphatic rings. The summed E-state index contributed by atoms with van der Waals surface area (Å²) in [5, 5.41) is 10.3. The zero-order valence-electron chi connectivity index (χ0n) is 15.7. The van der Waals surface area contributed by atoms with Crippen molar-refractivity contribution in [1.29, 1.82) is 5.26 Å². The summed E-state index contributed by atoms with van der Waals surface area (Å²) in [6, 6.07) is 10.5. The van der Waals surface area contributed by atoms with E-state index in [4.69, 9.17) is 19.9 Å². The molecule has 0 atom stereocenters. The van der Waals surface area contributed by atoms with Crippen LogP contribution in [0.2, 0.25) is 0 Å². The SMILES string of the molecule is CCOC(=O)c1sc(N)c(C#N)c1COC(=O)c1ccc2cc(OC)ccc2n1. The summed E-state index contributed by atoms with van der Waals surface area (Å²) >= 11 is 0.928. The van der Waals surface area contributed by atoms with Crippen LogP contribution in [-0.4, -0.2) is 30.6 Å². The maximum Gasteiger partial charge on any atom is 0.357 e. The molecule has 0 aliphatic carbocycles. The first-order valence-corrected chi connectivity index (χ1v) is 9.40. The second kappa shape index (κ2) is 8.58. The fraction of sp³-hybridized carbons (Fsp3) is 0.200. The maximum atomic E-state index is 12.5. The summed E-state index contributed by atoms with van der Waals surface area (Å²) in [6.07, 6.45) is 0. The average Bonchev–Trinajstić information content (AvgIpc) is 3.06. The van der Waals surface area contributed by atoms with E-state index in [-0.39, 0.29) is 39.9 Å². The number of esters is 2. The third-order valence-corrected chi connectivity index (χ3v) is 5.10. The van der Waals surface area contributed by atoms with Crippen LogP contribution in [0.3, 0.4) is 0 Å². The number of ether oxygens (including phenoxy) is 3. The van der Waals surface area contributed by atoms with E-state index >= 15 is 0 Å². The molecule has 0 radical (unpaired) electrons. The van der Waals surface area contributed by atoms with Crippen molar-refractivity contribution < 1.29 is 23.8 Å². The number of hydrogen-bond donors (Lipinski definition) is 1. The van der Waals surface area contributed by atoms with Gasteiger partial charge in [-0.25, -0.2) is 14.6 Å². The summed E-state index contributed by atoms with van der Waals surface area (Å²) in [5.41, 5.74) is 6.85. The van der Waals surface area contributed by atoms with Crippen molar-refractivity contribution in [1.82, 2.24) is 4.98 Å². The highest BCUT2D eigenvalue weighted by Gasteiger charge is 2.24. The van der Waals surface area contributed by atoms with Crippen LogP contribution >= 0.6 is 11.3 Å². The number of nitrogens with two attached hydrogens (primary N) is 1. The molecule has 8 nitrogen and oxygen atoms in total. The lowest BCUT2D eigenvalue weighted by Gasteiger charge is -2.07. The Bertz CT molecular complexity index is 1130. The highest BCUT2D eigenvalue weighted by Crippen LogP contribution is 2.32. The smallest absolute Gasteiger partial charge is 0.357 e. The molecule has 0 spiro atoms. The monoisotopic (exact) mass is 411 g/mol. The van der Waals surface area contributed by atoms with Gasteiger partial charge >= 0.3 is 11.9 Å². The Hall–Kier alpha value is -3.64. The van der Waals surface area contributed by atoms with Crippen molar-refractivity contribution in [2.45, 2.75) is 13.5 Å². The number of carbonyl (C=O) groups excluding carboxylic acids is 2. The van der Waals surface area contributed by atoms with Crippen molar-refractivity contribution in [2.24, 2.45) is 0 Å². The molecule has 0 aliphatic heterocycles. The fourth-order valence-electron chi connectivity index (χ4n) is 2.66. The maximum absolute atomic E-state index is 12.5. The Morgan fingerprint density at radius 3 is 2.69 bits per heavy atom. The number of rotatable bonds is 6. The van der Waals surface area contributed by atoms with Gasteiger partial charge in [0.05, 0.1) is 24.8 Å². The van der Waals surface area contributed by atoms with Gasteiger partial charge in [-0.2, -0.15) is 5.26 Å². The number of aromatic nitrogens is 1. The average molecular weight is 411 g/mol. The summed E-state index contributed by atoms with van der Waals surface area (Å²) in [5.74, 6) is -0.624. The van der Waals surface area contributed by atoms with Crippen molar-refractivity contribution in [3.05, 3.63) is 52.0 Å². The third kappa shape index (κ3) is 4.12. The highest BCUT2D eigenvalue weighted by atomic mass is 32.1. The minimum Gasteiger partial charge on any atom is -0.497 e. The predicted octanol–water partition coefficient (Wildman–Crippen LogP) is 3.29. The van der Waals surface area contributed by atoms with Crippen LogP contribution in [0.4, 0.5) is 5.00 Å². The summed E-state index contributed by atoms with van der Waals surface area (Å²) in [6.45, 7) is 1.54. The quantitative estimate of drug-likeness (QED) is 0.613. The number of carbonyl (C=O) groups is 2. The van der Waals surface area contributed by atoms with Gasteiger partial charge in [0.2, 0.25) is 0 Å². The molecular weight excluding hydrogens is 394 g/mol. The number of nitriles is 1. The van der Waals surface area contributed by atoms with Crippen molar-refractivity contribution in [2.75, 3.05) is 19.5 Å². The van der Waals surface area contributed by atoms with E-state index in [1.165, 1.54) is 6.07 Å². The van der Waals surface area contributed by atoms with E-state index in [0.717, 1.165) is 16.7 Å². The van der Waals surface area contributed by atoms with Gasteiger partial charge in [-0.3, -0.25) is 0 Å². The Kier molecular flexibility index (Phi) is 5.95. The minimum absolute atomic E-state index is 0.0991. The molecular formula is C20H17N3O5S. The number of benzene rings is 1. The molecule has 0 bridgehead atoms. The molecule has 0 fully saturated rings. The lowest BCUT2D eigenvalue weighted by molar-refractivity contribution is 0.0447. The van der Waals surface area contributed by atoms with Gasteiger partial charge in [0.1, 0.15) is 34.0 Å². The molecule has 9 heteroatoms. The number of nitrogen functional groups attached to an aromatic ring is 1. The lowest BCUT2D eigenvalue weighted by atomic mass is 10.1. The zero-order chi connectivity index (χ0) is 21.0. The first-order chi connectivity index (χ1) is 14.0. The number of fused-ring (bicyclic) bond motifs is 1. The van der Waals surface area contributed by atoms with Gasteiger partial charge in [0.25, 0.3) is 0 Å². The Morgan fingerprint density at radius 1 is 1.21 bits per heavy atom. The van der Waals surface area contributed by atoms with Gasteiger partial charge in [-0.15, -0.1) is 11.3 Å². The number of pyridine rings is 1. The minimum atomic E-state index is -0.689. The van der Waals surface area contributed by atoms with Crippen LogP contribution in [-0.2, 0) is 16.1 Å². The van der Waals surface area contributed by atoms with E-state index in [2.05, 4.69) is 4.98 Å². The van der Waals surface area contributed by atoms with Crippen LogP contribution in [0.15, 0.2) is 30.3 Å². The normalized spacial score (nSPS) is 10.4. The van der Waals surface area contributed by atoms with Gasteiger partial charge in [0.15, 0.2) is 0 Å². The molecule has 29 heavy (non-hydrogen) atoms. The number of hydrogen-bond acceptors (Lipinski definition) is 9. The molecule has 1 aromatic carbocycles. The Morgan fingerprint density at radius 2 is 2.00 bits per heavy atom. The van der Waals surface area contributed by atoms with Crippen LogP contribution in [0.1, 0.15) is 38.2 Å². The van der Waals surface area contributed by atoms with E-state index in [0.29, 0.717) is 11.3 Å². The Balaban J connectivity index is 1.83. The number of methoxy groups -OCH3 is 1. The van der Waals surface area contributed by atoms with Crippen molar-refractivity contribution in [3.63, 3.8) is 0 Å². The van der Waals surface area contributed by atoms with Gasteiger partial charge in [-0.1, -0.05) is 6.07 Å². The summed E-state index contributed by atoms with van der Waals surface area (Å²) < 4.78 is 15.4. The van der Waals surface area contributed by atoms with Crippen molar-refractivity contribution >= 4 is 39.2 Å². The van der Waals surface area contributed by atoms with Crippen LogP contribution in [0.5, 0.6) is 5.75 Å². The number of anilines is 1. The molecule has 2 N–H and O–H groups in total. The number of thiophene rings is 1. The molecule has 0 saturated heterocycles. The second-order valence-corrected chi connectivity index (χ2v) is 6.86. The molecule has 2 heterocycles. The highest BCUT2D eigenvalue weighted by molar-refractivity contribution is 7.18. The first kappa shape index (κ1) is 20.1. The predicted molar refractivity (Wildman–Crippen MR) is 107 cm³/mol. The topological polar surface area (TPSA) is 125 Å². The molecule has 2 aromatic heterocycles. The largest absolute Gasteiger partial charge is 0.497 e. The fourth-order valence-corrected chi connectivity index (χ4v) is 3.58. The van der Waals surface area contributed by atoms with E-state index < -0.39 is 11.9 Å². The van der Waals surface area contributed by atoms with Crippen molar-refractivity contribution in [3.8, 4) is 11.8 Å². The van der Waals surface area contributed by atoms with Gasteiger partial charge in [-0.05, 0) is 31.2 Å².